The van der Waals surface area contributed by atoms with E-state index in [9.17, 15) is 0 Å². The molecule has 0 aliphatic carbocycles. The number of methoxy groups -OCH3 is 2. The van der Waals surface area contributed by atoms with Crippen LogP contribution in [0, 0.1) is 0 Å². The van der Waals surface area contributed by atoms with Gasteiger partial charge in [-0.3, -0.25) is 0 Å². The lowest BCUT2D eigenvalue weighted by atomic mass is 10.1. The molecule has 2 aromatic heterocycles. The summed E-state index contributed by atoms with van der Waals surface area (Å²) in [6.45, 7) is 0. The Labute approximate surface area is 132 Å². The fourth-order valence-electron chi connectivity index (χ4n) is 2.80. The van der Waals surface area contributed by atoms with Crippen LogP contribution in [0.15, 0.2) is 48.8 Å². The van der Waals surface area contributed by atoms with Crippen molar-refractivity contribution in [3.8, 4) is 22.8 Å². The maximum Gasteiger partial charge on any atom is 0.142 e. The number of aromatic amines is 1. The zero-order valence-electron chi connectivity index (χ0n) is 12.8. The van der Waals surface area contributed by atoms with Gasteiger partial charge in [-0.15, -0.1) is 0 Å². The number of nitrogens with zero attached hydrogens (tertiary/aromatic N) is 2. The van der Waals surface area contributed by atoms with Gasteiger partial charge >= 0.3 is 0 Å². The van der Waals surface area contributed by atoms with Gasteiger partial charge in [-0.05, 0) is 42.5 Å². The monoisotopic (exact) mass is 305 g/mol. The molecule has 114 valence electrons. The second-order valence-electron chi connectivity index (χ2n) is 5.21. The third-order valence-corrected chi connectivity index (χ3v) is 3.96. The van der Waals surface area contributed by atoms with E-state index in [4.69, 9.17) is 9.47 Å². The van der Waals surface area contributed by atoms with Gasteiger partial charge in [0.05, 0.1) is 25.3 Å². The van der Waals surface area contributed by atoms with Gasteiger partial charge in [0.15, 0.2) is 0 Å². The number of hydrogen-bond donors (Lipinski definition) is 1. The Bertz CT molecular complexity index is 990. The molecule has 5 nitrogen and oxygen atoms in total. The first-order chi connectivity index (χ1) is 11.3. The second kappa shape index (κ2) is 5.28. The molecule has 0 bridgehead atoms. The summed E-state index contributed by atoms with van der Waals surface area (Å²) in [6.07, 6.45) is 1.58. The molecule has 0 aliphatic heterocycles. The lowest BCUT2D eigenvalue weighted by molar-refractivity contribution is 0.415. The Morgan fingerprint density at radius 1 is 0.870 bits per heavy atom. The maximum atomic E-state index is 5.35. The molecule has 0 aliphatic rings. The van der Waals surface area contributed by atoms with Crippen molar-refractivity contribution in [2.45, 2.75) is 0 Å². The zero-order chi connectivity index (χ0) is 15.8. The predicted octanol–water partition coefficient (Wildman–Crippen LogP) is 3.80. The fourth-order valence-corrected chi connectivity index (χ4v) is 2.80. The van der Waals surface area contributed by atoms with E-state index in [1.165, 1.54) is 0 Å². The fraction of sp³-hybridized carbons (Fsp3) is 0.111. The Morgan fingerprint density at radius 3 is 2.35 bits per heavy atom. The molecule has 0 amide bonds. The van der Waals surface area contributed by atoms with Crippen molar-refractivity contribution in [3.05, 3.63) is 48.8 Å². The number of nitrogens with one attached hydrogen (secondary N) is 1. The van der Waals surface area contributed by atoms with Gasteiger partial charge in [-0.1, -0.05) is 0 Å². The van der Waals surface area contributed by atoms with Crippen molar-refractivity contribution >= 4 is 21.9 Å². The highest BCUT2D eigenvalue weighted by molar-refractivity contribution is 6.12. The SMILES string of the molecule is COc1ccc(-c2ncnc3[nH]c4ccc(OC)cc4c23)cc1. The third kappa shape index (κ3) is 2.17. The quantitative estimate of drug-likeness (QED) is 0.625. The van der Waals surface area contributed by atoms with E-state index >= 15 is 0 Å². The standard InChI is InChI=1S/C18H15N3O2/c1-22-12-5-3-11(4-6-12)17-16-14-9-13(23-2)7-8-15(14)21-18(16)20-10-19-17/h3-10H,1-2H3,(H,19,20,21). The molecular formula is C18H15N3O2. The number of H-pyrrole nitrogens is 1. The van der Waals surface area contributed by atoms with Crippen LogP contribution >= 0.6 is 0 Å². The van der Waals surface area contributed by atoms with E-state index in [2.05, 4.69) is 15.0 Å². The summed E-state index contributed by atoms with van der Waals surface area (Å²) in [7, 11) is 3.32. The minimum atomic E-state index is 0.808. The zero-order valence-corrected chi connectivity index (χ0v) is 12.8. The Morgan fingerprint density at radius 2 is 1.61 bits per heavy atom. The van der Waals surface area contributed by atoms with E-state index < -0.39 is 0 Å². The molecule has 0 saturated carbocycles. The van der Waals surface area contributed by atoms with Gasteiger partial charge < -0.3 is 14.5 Å². The predicted molar refractivity (Wildman–Crippen MR) is 89.9 cm³/mol. The Kier molecular flexibility index (Phi) is 3.12. The van der Waals surface area contributed by atoms with Crippen LogP contribution in [0.5, 0.6) is 11.5 Å². The van der Waals surface area contributed by atoms with Crippen molar-refractivity contribution in [1.29, 1.82) is 0 Å². The molecule has 0 atom stereocenters. The van der Waals surface area contributed by atoms with Crippen LogP contribution in [0.4, 0.5) is 0 Å². The van der Waals surface area contributed by atoms with Crippen molar-refractivity contribution in [2.75, 3.05) is 14.2 Å². The van der Waals surface area contributed by atoms with Crippen LogP contribution in [0.1, 0.15) is 0 Å². The summed E-state index contributed by atoms with van der Waals surface area (Å²) in [5, 5.41) is 2.04. The summed E-state index contributed by atoms with van der Waals surface area (Å²) >= 11 is 0. The van der Waals surface area contributed by atoms with Gasteiger partial charge in [0.2, 0.25) is 0 Å². The number of rotatable bonds is 3. The van der Waals surface area contributed by atoms with Crippen molar-refractivity contribution in [3.63, 3.8) is 0 Å². The van der Waals surface area contributed by atoms with Crippen LogP contribution in [0.3, 0.4) is 0 Å². The van der Waals surface area contributed by atoms with Crippen LogP contribution in [0.25, 0.3) is 33.2 Å². The van der Waals surface area contributed by atoms with Crippen LogP contribution in [-0.4, -0.2) is 29.2 Å². The number of benzene rings is 2. The van der Waals surface area contributed by atoms with E-state index in [-0.39, 0.29) is 0 Å². The smallest absolute Gasteiger partial charge is 0.142 e. The molecule has 4 aromatic rings. The highest BCUT2D eigenvalue weighted by Gasteiger charge is 2.13. The highest BCUT2D eigenvalue weighted by atomic mass is 16.5. The number of hydrogen-bond acceptors (Lipinski definition) is 4. The molecule has 1 N–H and O–H groups in total. The third-order valence-electron chi connectivity index (χ3n) is 3.96. The largest absolute Gasteiger partial charge is 0.497 e. The number of ether oxygens (including phenoxy) is 2. The molecule has 2 aromatic carbocycles. The normalized spacial score (nSPS) is 11.0. The van der Waals surface area contributed by atoms with E-state index in [1.54, 1.807) is 20.5 Å². The molecule has 0 fully saturated rings. The molecule has 23 heavy (non-hydrogen) atoms. The lowest BCUT2D eigenvalue weighted by Crippen LogP contribution is -1.88. The molecule has 2 heterocycles. The summed E-state index contributed by atoms with van der Waals surface area (Å²) in [5.74, 6) is 1.63. The van der Waals surface area contributed by atoms with Crippen molar-refractivity contribution < 1.29 is 9.47 Å². The number of fused-ring (bicyclic) bond motifs is 3. The Balaban J connectivity index is 2.01. The second-order valence-corrected chi connectivity index (χ2v) is 5.21. The summed E-state index contributed by atoms with van der Waals surface area (Å²) < 4.78 is 10.6. The lowest BCUT2D eigenvalue weighted by Gasteiger charge is -2.05. The molecule has 0 unspecified atom stereocenters. The number of aromatic nitrogens is 3. The van der Waals surface area contributed by atoms with Gasteiger partial charge in [0.1, 0.15) is 23.5 Å². The summed E-state index contributed by atoms with van der Waals surface area (Å²) in [6, 6.07) is 13.8. The maximum absolute atomic E-state index is 5.35. The summed E-state index contributed by atoms with van der Waals surface area (Å²) in [5.41, 5.74) is 3.73. The average Bonchev–Trinajstić information content (AvgIpc) is 2.99. The van der Waals surface area contributed by atoms with Crippen molar-refractivity contribution in [1.82, 2.24) is 15.0 Å². The van der Waals surface area contributed by atoms with Crippen LogP contribution in [-0.2, 0) is 0 Å². The first-order valence-electron chi connectivity index (χ1n) is 7.25. The Hall–Kier alpha value is -3.08. The first-order valence-corrected chi connectivity index (χ1v) is 7.25. The van der Waals surface area contributed by atoms with E-state index in [0.717, 1.165) is 44.7 Å². The van der Waals surface area contributed by atoms with Gasteiger partial charge in [-0.25, -0.2) is 9.97 Å². The van der Waals surface area contributed by atoms with Crippen LogP contribution in [0.2, 0.25) is 0 Å². The minimum absolute atomic E-state index is 0.808. The molecular weight excluding hydrogens is 290 g/mol. The minimum Gasteiger partial charge on any atom is -0.497 e. The average molecular weight is 305 g/mol. The van der Waals surface area contributed by atoms with Crippen molar-refractivity contribution in [2.24, 2.45) is 0 Å². The van der Waals surface area contributed by atoms with Gasteiger partial charge in [0.25, 0.3) is 0 Å². The van der Waals surface area contributed by atoms with Crippen LogP contribution < -0.4 is 9.47 Å². The molecule has 4 rings (SSSR count). The van der Waals surface area contributed by atoms with Gasteiger partial charge in [0, 0.05) is 16.5 Å². The molecule has 5 heteroatoms. The van der Waals surface area contributed by atoms with E-state index in [0.29, 0.717) is 0 Å². The molecule has 0 saturated heterocycles. The molecule has 0 radical (unpaired) electrons. The highest BCUT2D eigenvalue weighted by Crippen LogP contribution is 2.34. The summed E-state index contributed by atoms with van der Waals surface area (Å²) in [4.78, 5) is 12.2. The van der Waals surface area contributed by atoms with E-state index in [1.807, 2.05) is 42.5 Å². The first kappa shape index (κ1) is 13.6. The molecule has 0 spiro atoms. The topological polar surface area (TPSA) is 60.0 Å². The van der Waals surface area contributed by atoms with Gasteiger partial charge in [-0.2, -0.15) is 0 Å².